The van der Waals surface area contributed by atoms with Crippen LogP contribution in [-0.2, 0) is 16.0 Å². The van der Waals surface area contributed by atoms with E-state index in [4.69, 9.17) is 4.74 Å². The minimum Gasteiger partial charge on any atom is -0.444 e. The van der Waals surface area contributed by atoms with E-state index in [1.54, 1.807) is 12.4 Å². The number of nitrogens with zero attached hydrogens (tertiary/aromatic N) is 1. The van der Waals surface area contributed by atoms with Crippen LogP contribution in [0.15, 0.2) is 48.8 Å². The molecule has 28 heavy (non-hydrogen) atoms. The predicted octanol–water partition coefficient (Wildman–Crippen LogP) is 3.87. The van der Waals surface area contributed by atoms with Crippen LogP contribution in [0.4, 0.5) is 10.5 Å². The summed E-state index contributed by atoms with van der Waals surface area (Å²) in [5, 5.41) is 5.55. The zero-order valence-electron chi connectivity index (χ0n) is 16.5. The SMILES string of the molecule is CC(C)(C)OC(=O)NCCSCC(=O)Nc1ccc(Cc2ccncc2)cc1. The van der Waals surface area contributed by atoms with E-state index >= 15 is 0 Å². The van der Waals surface area contributed by atoms with Gasteiger partial charge >= 0.3 is 6.09 Å². The van der Waals surface area contributed by atoms with E-state index in [0.29, 0.717) is 18.1 Å². The fourth-order valence-corrected chi connectivity index (χ4v) is 2.99. The van der Waals surface area contributed by atoms with Crippen LogP contribution in [0.5, 0.6) is 0 Å². The number of pyridine rings is 1. The number of hydrogen-bond acceptors (Lipinski definition) is 5. The Morgan fingerprint density at radius 2 is 1.68 bits per heavy atom. The van der Waals surface area contributed by atoms with Gasteiger partial charge in [-0.15, -0.1) is 0 Å². The highest BCUT2D eigenvalue weighted by Gasteiger charge is 2.15. The van der Waals surface area contributed by atoms with Crippen molar-refractivity contribution in [3.8, 4) is 0 Å². The lowest BCUT2D eigenvalue weighted by atomic mass is 10.1. The van der Waals surface area contributed by atoms with E-state index in [1.807, 2.05) is 57.2 Å². The lowest BCUT2D eigenvalue weighted by Gasteiger charge is -2.19. The van der Waals surface area contributed by atoms with Gasteiger partial charge in [-0.25, -0.2) is 4.79 Å². The van der Waals surface area contributed by atoms with Gasteiger partial charge in [0.15, 0.2) is 0 Å². The van der Waals surface area contributed by atoms with Crippen LogP contribution in [0.25, 0.3) is 0 Å². The van der Waals surface area contributed by atoms with Gasteiger partial charge in [0.1, 0.15) is 5.60 Å². The van der Waals surface area contributed by atoms with Crippen molar-refractivity contribution in [2.75, 3.05) is 23.4 Å². The first kappa shape index (κ1) is 21.8. The first-order chi connectivity index (χ1) is 13.3. The molecule has 6 nitrogen and oxygen atoms in total. The van der Waals surface area contributed by atoms with E-state index in [-0.39, 0.29) is 5.91 Å². The van der Waals surface area contributed by atoms with Gasteiger partial charge in [-0.2, -0.15) is 11.8 Å². The van der Waals surface area contributed by atoms with Gasteiger partial charge in [-0.05, 0) is 62.6 Å². The molecule has 2 amide bonds. The van der Waals surface area contributed by atoms with Gasteiger partial charge in [0, 0.05) is 30.4 Å². The van der Waals surface area contributed by atoms with Gasteiger partial charge in [0.2, 0.25) is 5.91 Å². The molecule has 2 aromatic rings. The van der Waals surface area contributed by atoms with Crippen molar-refractivity contribution >= 4 is 29.4 Å². The van der Waals surface area contributed by atoms with E-state index in [9.17, 15) is 9.59 Å². The summed E-state index contributed by atoms with van der Waals surface area (Å²) in [6.45, 7) is 5.91. The van der Waals surface area contributed by atoms with Crippen molar-refractivity contribution in [1.82, 2.24) is 10.3 Å². The average Bonchev–Trinajstić information content (AvgIpc) is 2.62. The molecule has 150 valence electrons. The molecule has 0 aliphatic heterocycles. The maximum atomic E-state index is 12.0. The molecule has 1 aromatic carbocycles. The van der Waals surface area contributed by atoms with E-state index < -0.39 is 11.7 Å². The second-order valence-corrected chi connectivity index (χ2v) is 8.36. The van der Waals surface area contributed by atoms with Gasteiger partial charge in [0.25, 0.3) is 0 Å². The fraction of sp³-hybridized carbons (Fsp3) is 0.381. The first-order valence-electron chi connectivity index (χ1n) is 9.14. The zero-order valence-corrected chi connectivity index (χ0v) is 17.3. The van der Waals surface area contributed by atoms with Crippen LogP contribution in [-0.4, -0.2) is 40.6 Å². The molecule has 0 spiro atoms. The highest BCUT2D eigenvalue weighted by atomic mass is 32.2. The summed E-state index contributed by atoms with van der Waals surface area (Å²) < 4.78 is 5.15. The van der Waals surface area contributed by atoms with Crippen molar-refractivity contribution < 1.29 is 14.3 Å². The maximum Gasteiger partial charge on any atom is 0.407 e. The standard InChI is InChI=1S/C21H27N3O3S/c1-21(2,3)27-20(26)23-12-13-28-15-19(25)24-18-6-4-16(5-7-18)14-17-8-10-22-11-9-17/h4-11H,12-15H2,1-3H3,(H,23,26)(H,24,25). The Bertz CT molecular complexity index is 759. The third kappa shape index (κ3) is 8.90. The number of amides is 2. The number of rotatable bonds is 8. The maximum absolute atomic E-state index is 12.0. The molecule has 7 heteroatoms. The Labute approximate surface area is 170 Å². The number of thioether (sulfide) groups is 1. The van der Waals surface area contributed by atoms with Crippen molar-refractivity contribution in [1.29, 1.82) is 0 Å². The minimum atomic E-state index is -0.509. The van der Waals surface area contributed by atoms with E-state index in [0.717, 1.165) is 12.1 Å². The van der Waals surface area contributed by atoms with E-state index in [2.05, 4.69) is 15.6 Å². The summed E-state index contributed by atoms with van der Waals surface area (Å²) in [5.74, 6) is 0.899. The summed E-state index contributed by atoms with van der Waals surface area (Å²) in [6.07, 6.45) is 3.95. The number of ether oxygens (including phenoxy) is 1. The largest absolute Gasteiger partial charge is 0.444 e. The van der Waals surface area contributed by atoms with Gasteiger partial charge < -0.3 is 15.4 Å². The fourth-order valence-electron chi connectivity index (χ4n) is 2.34. The van der Waals surface area contributed by atoms with Crippen LogP contribution >= 0.6 is 11.8 Å². The smallest absolute Gasteiger partial charge is 0.407 e. The quantitative estimate of drug-likeness (QED) is 0.657. The topological polar surface area (TPSA) is 80.3 Å². The molecule has 2 N–H and O–H groups in total. The third-order valence-electron chi connectivity index (χ3n) is 3.54. The van der Waals surface area contributed by atoms with Crippen molar-refractivity contribution in [3.63, 3.8) is 0 Å². The Hall–Kier alpha value is -2.54. The Balaban J connectivity index is 1.64. The average molecular weight is 402 g/mol. The molecule has 0 fully saturated rings. The summed E-state index contributed by atoms with van der Waals surface area (Å²) in [4.78, 5) is 27.6. The zero-order chi connectivity index (χ0) is 20.4. The summed E-state index contributed by atoms with van der Waals surface area (Å²) in [6, 6.07) is 11.8. The molecule has 0 aliphatic rings. The van der Waals surface area contributed by atoms with Crippen LogP contribution in [0.2, 0.25) is 0 Å². The molecule has 0 atom stereocenters. The number of benzene rings is 1. The lowest BCUT2D eigenvalue weighted by molar-refractivity contribution is -0.113. The van der Waals surface area contributed by atoms with Crippen molar-refractivity contribution in [2.45, 2.75) is 32.8 Å². The second-order valence-electron chi connectivity index (χ2n) is 7.26. The molecule has 0 bridgehead atoms. The van der Waals surface area contributed by atoms with Crippen LogP contribution in [0, 0.1) is 0 Å². The summed E-state index contributed by atoms with van der Waals surface area (Å²) >= 11 is 1.46. The molecule has 0 saturated carbocycles. The number of alkyl carbamates (subject to hydrolysis) is 1. The normalized spacial score (nSPS) is 11.0. The summed E-state index contributed by atoms with van der Waals surface area (Å²) in [7, 11) is 0. The molecular weight excluding hydrogens is 374 g/mol. The van der Waals surface area contributed by atoms with Crippen LogP contribution in [0.1, 0.15) is 31.9 Å². The number of aromatic nitrogens is 1. The molecule has 1 aromatic heterocycles. The van der Waals surface area contributed by atoms with Crippen molar-refractivity contribution in [2.24, 2.45) is 0 Å². The van der Waals surface area contributed by atoms with Crippen LogP contribution < -0.4 is 10.6 Å². The second kappa shape index (κ2) is 10.7. The number of anilines is 1. The lowest BCUT2D eigenvalue weighted by Crippen LogP contribution is -2.33. The Morgan fingerprint density at radius 3 is 2.32 bits per heavy atom. The monoisotopic (exact) mass is 401 g/mol. The highest BCUT2D eigenvalue weighted by Crippen LogP contribution is 2.14. The molecule has 0 saturated heterocycles. The molecule has 2 rings (SSSR count). The molecule has 0 aliphatic carbocycles. The molecule has 1 heterocycles. The van der Waals surface area contributed by atoms with Gasteiger partial charge in [-0.3, -0.25) is 9.78 Å². The number of carbonyl (C=O) groups is 2. The predicted molar refractivity (Wildman–Crippen MR) is 114 cm³/mol. The highest BCUT2D eigenvalue weighted by molar-refractivity contribution is 7.99. The minimum absolute atomic E-state index is 0.0656. The molecule has 0 unspecified atom stereocenters. The summed E-state index contributed by atoms with van der Waals surface area (Å²) in [5.41, 5.74) is 2.64. The third-order valence-corrected chi connectivity index (χ3v) is 4.50. The Morgan fingerprint density at radius 1 is 1.04 bits per heavy atom. The molecular formula is C21H27N3O3S. The Kier molecular flexibility index (Phi) is 8.32. The van der Waals surface area contributed by atoms with Crippen molar-refractivity contribution in [3.05, 3.63) is 59.9 Å². The number of nitrogens with one attached hydrogen (secondary N) is 2. The first-order valence-corrected chi connectivity index (χ1v) is 10.3. The number of carbonyl (C=O) groups excluding carboxylic acids is 2. The van der Waals surface area contributed by atoms with Gasteiger partial charge in [0.05, 0.1) is 5.75 Å². The van der Waals surface area contributed by atoms with Gasteiger partial charge in [-0.1, -0.05) is 12.1 Å². The van der Waals surface area contributed by atoms with E-state index in [1.165, 1.54) is 22.9 Å². The molecule has 0 radical (unpaired) electrons. The van der Waals surface area contributed by atoms with Crippen LogP contribution in [0.3, 0.4) is 0 Å². The number of hydrogen-bond donors (Lipinski definition) is 2.